The molecule has 7 heteroatoms. The van der Waals surface area contributed by atoms with E-state index in [1.807, 2.05) is 6.07 Å². The molecule has 1 amide bonds. The molecule has 0 saturated carbocycles. The molecule has 0 spiro atoms. The van der Waals surface area contributed by atoms with E-state index in [0.717, 1.165) is 12.8 Å². The molecule has 1 N–H and O–H groups in total. The largest absolute Gasteiger partial charge is 0.493 e. The van der Waals surface area contributed by atoms with Gasteiger partial charge in [-0.25, -0.2) is 0 Å². The predicted octanol–water partition coefficient (Wildman–Crippen LogP) is 5.73. The van der Waals surface area contributed by atoms with Crippen LogP contribution in [0.3, 0.4) is 0 Å². The SMILES string of the molecule is CCCCOc1ccc(/C=C(\C#N)C(=O)Nc2cccc(Cl)c2Cl)cc1OC. The minimum absolute atomic E-state index is 0.0854. The fourth-order valence-electron chi connectivity index (χ4n) is 2.32. The molecule has 0 heterocycles. The molecule has 146 valence electrons. The average molecular weight is 419 g/mol. The highest BCUT2D eigenvalue weighted by Crippen LogP contribution is 2.31. The molecule has 0 radical (unpaired) electrons. The Hall–Kier alpha value is -2.68. The fourth-order valence-corrected chi connectivity index (χ4v) is 2.67. The Balaban J connectivity index is 2.22. The van der Waals surface area contributed by atoms with E-state index in [2.05, 4.69) is 12.2 Å². The van der Waals surface area contributed by atoms with Crippen LogP contribution in [0, 0.1) is 11.3 Å². The summed E-state index contributed by atoms with van der Waals surface area (Å²) < 4.78 is 11.0. The number of amides is 1. The number of hydrogen-bond acceptors (Lipinski definition) is 4. The molecule has 0 aliphatic heterocycles. The Kier molecular flexibility index (Phi) is 8.19. The van der Waals surface area contributed by atoms with Crippen molar-refractivity contribution in [2.24, 2.45) is 0 Å². The maximum Gasteiger partial charge on any atom is 0.266 e. The van der Waals surface area contributed by atoms with Crippen LogP contribution in [0.15, 0.2) is 42.0 Å². The molecule has 0 aliphatic carbocycles. The zero-order valence-electron chi connectivity index (χ0n) is 15.6. The maximum absolute atomic E-state index is 12.4. The first-order chi connectivity index (χ1) is 13.5. The molecule has 0 saturated heterocycles. The van der Waals surface area contributed by atoms with E-state index >= 15 is 0 Å². The van der Waals surface area contributed by atoms with E-state index in [-0.39, 0.29) is 10.6 Å². The second-order valence-electron chi connectivity index (χ2n) is 5.84. The Labute approximate surface area is 174 Å². The summed E-state index contributed by atoms with van der Waals surface area (Å²) in [6.45, 7) is 2.67. The highest BCUT2D eigenvalue weighted by Gasteiger charge is 2.13. The van der Waals surface area contributed by atoms with Crippen LogP contribution in [0.5, 0.6) is 11.5 Å². The number of unbranched alkanes of at least 4 members (excludes halogenated alkanes) is 1. The normalized spacial score (nSPS) is 10.9. The number of carbonyl (C=O) groups excluding carboxylic acids is 1. The fraction of sp³-hybridized carbons (Fsp3) is 0.238. The van der Waals surface area contributed by atoms with Gasteiger partial charge in [-0.05, 0) is 42.3 Å². The molecule has 0 atom stereocenters. The highest BCUT2D eigenvalue weighted by atomic mass is 35.5. The van der Waals surface area contributed by atoms with Crippen molar-refractivity contribution < 1.29 is 14.3 Å². The van der Waals surface area contributed by atoms with Crippen LogP contribution in [0.2, 0.25) is 10.0 Å². The molecule has 0 unspecified atom stereocenters. The van der Waals surface area contributed by atoms with Crippen LogP contribution in [-0.4, -0.2) is 19.6 Å². The Morgan fingerprint density at radius 2 is 2.04 bits per heavy atom. The number of benzene rings is 2. The van der Waals surface area contributed by atoms with Gasteiger partial charge in [0.1, 0.15) is 11.6 Å². The van der Waals surface area contributed by atoms with Gasteiger partial charge in [0.05, 0.1) is 29.4 Å². The van der Waals surface area contributed by atoms with E-state index in [4.69, 9.17) is 32.7 Å². The molecule has 28 heavy (non-hydrogen) atoms. The van der Waals surface area contributed by atoms with Crippen LogP contribution >= 0.6 is 23.2 Å². The summed E-state index contributed by atoms with van der Waals surface area (Å²) >= 11 is 12.0. The van der Waals surface area contributed by atoms with Gasteiger partial charge >= 0.3 is 0 Å². The van der Waals surface area contributed by atoms with Crippen LogP contribution in [0.4, 0.5) is 5.69 Å². The molecular weight excluding hydrogens is 399 g/mol. The second kappa shape index (κ2) is 10.6. The van der Waals surface area contributed by atoms with Crippen molar-refractivity contribution in [3.8, 4) is 17.6 Å². The minimum atomic E-state index is -0.589. The number of ether oxygens (including phenoxy) is 2. The van der Waals surface area contributed by atoms with Gasteiger partial charge in [0, 0.05) is 0 Å². The van der Waals surface area contributed by atoms with E-state index in [9.17, 15) is 10.1 Å². The third-order valence-corrected chi connectivity index (χ3v) is 4.64. The van der Waals surface area contributed by atoms with Gasteiger partial charge in [-0.2, -0.15) is 5.26 Å². The summed E-state index contributed by atoms with van der Waals surface area (Å²) in [6.07, 6.45) is 3.43. The summed E-state index contributed by atoms with van der Waals surface area (Å²) in [5.41, 5.74) is 0.874. The number of carbonyl (C=O) groups is 1. The molecule has 2 aromatic carbocycles. The molecule has 0 aromatic heterocycles. The standard InChI is InChI=1S/C21H20Cl2N2O3/c1-3-4-10-28-18-9-8-14(12-19(18)27-2)11-15(13-24)21(26)25-17-7-5-6-16(22)20(17)23/h5-9,11-12H,3-4,10H2,1-2H3,(H,25,26)/b15-11+. The number of anilines is 1. The molecule has 2 aromatic rings. The summed E-state index contributed by atoms with van der Waals surface area (Å²) in [4.78, 5) is 12.4. The number of halogens is 2. The first kappa shape index (κ1) is 21.6. The smallest absolute Gasteiger partial charge is 0.266 e. The third kappa shape index (κ3) is 5.66. The molecule has 0 aliphatic rings. The zero-order chi connectivity index (χ0) is 20.5. The van der Waals surface area contributed by atoms with Crippen molar-refractivity contribution in [2.75, 3.05) is 19.0 Å². The lowest BCUT2D eigenvalue weighted by atomic mass is 10.1. The Morgan fingerprint density at radius 3 is 2.71 bits per heavy atom. The lowest BCUT2D eigenvalue weighted by Crippen LogP contribution is -2.13. The topological polar surface area (TPSA) is 71.3 Å². The van der Waals surface area contributed by atoms with Gasteiger partial charge in [-0.1, -0.05) is 48.7 Å². The number of nitriles is 1. The predicted molar refractivity (Wildman–Crippen MR) is 112 cm³/mol. The second-order valence-corrected chi connectivity index (χ2v) is 6.62. The molecular formula is C21H20Cl2N2O3. The third-order valence-electron chi connectivity index (χ3n) is 3.82. The van der Waals surface area contributed by atoms with Gasteiger partial charge < -0.3 is 14.8 Å². The van der Waals surface area contributed by atoms with Crippen molar-refractivity contribution in [1.29, 1.82) is 5.26 Å². The highest BCUT2D eigenvalue weighted by molar-refractivity contribution is 6.44. The molecule has 0 bridgehead atoms. The summed E-state index contributed by atoms with van der Waals surface area (Å²) in [5, 5.41) is 12.5. The minimum Gasteiger partial charge on any atom is -0.493 e. The number of hydrogen-bond donors (Lipinski definition) is 1. The molecule has 2 rings (SSSR count). The summed E-state index contributed by atoms with van der Waals surface area (Å²) in [7, 11) is 1.54. The lowest BCUT2D eigenvalue weighted by Gasteiger charge is -2.11. The summed E-state index contributed by atoms with van der Waals surface area (Å²) in [6, 6.07) is 12.0. The van der Waals surface area contributed by atoms with Crippen molar-refractivity contribution >= 4 is 40.9 Å². The van der Waals surface area contributed by atoms with Gasteiger partial charge in [-0.3, -0.25) is 4.79 Å². The first-order valence-electron chi connectivity index (χ1n) is 8.68. The van der Waals surface area contributed by atoms with Crippen LogP contribution < -0.4 is 14.8 Å². The lowest BCUT2D eigenvalue weighted by molar-refractivity contribution is -0.112. The summed E-state index contributed by atoms with van der Waals surface area (Å²) in [5.74, 6) is 0.552. The van der Waals surface area contributed by atoms with E-state index in [0.29, 0.717) is 34.4 Å². The number of methoxy groups -OCH3 is 1. The number of rotatable bonds is 8. The Morgan fingerprint density at radius 1 is 1.25 bits per heavy atom. The average Bonchev–Trinajstić information content (AvgIpc) is 2.70. The quantitative estimate of drug-likeness (QED) is 0.337. The van der Waals surface area contributed by atoms with Gasteiger partial charge in [0.15, 0.2) is 11.5 Å². The van der Waals surface area contributed by atoms with Crippen molar-refractivity contribution in [1.82, 2.24) is 0 Å². The van der Waals surface area contributed by atoms with Crippen LogP contribution in [0.25, 0.3) is 6.08 Å². The zero-order valence-corrected chi connectivity index (χ0v) is 17.1. The maximum atomic E-state index is 12.4. The van der Waals surface area contributed by atoms with Crippen molar-refractivity contribution in [2.45, 2.75) is 19.8 Å². The van der Waals surface area contributed by atoms with E-state index < -0.39 is 5.91 Å². The number of nitrogens with zero attached hydrogens (tertiary/aromatic N) is 1. The Bertz CT molecular complexity index is 920. The van der Waals surface area contributed by atoms with Gasteiger partial charge in [-0.15, -0.1) is 0 Å². The molecule has 5 nitrogen and oxygen atoms in total. The monoisotopic (exact) mass is 418 g/mol. The van der Waals surface area contributed by atoms with Gasteiger partial charge in [0.2, 0.25) is 0 Å². The van der Waals surface area contributed by atoms with E-state index in [1.165, 1.54) is 13.2 Å². The number of nitrogens with one attached hydrogen (secondary N) is 1. The molecule has 0 fully saturated rings. The van der Waals surface area contributed by atoms with Crippen LogP contribution in [-0.2, 0) is 4.79 Å². The van der Waals surface area contributed by atoms with Gasteiger partial charge in [0.25, 0.3) is 5.91 Å². The first-order valence-corrected chi connectivity index (χ1v) is 9.43. The van der Waals surface area contributed by atoms with Crippen LogP contribution in [0.1, 0.15) is 25.3 Å². The van der Waals surface area contributed by atoms with E-state index in [1.54, 1.807) is 36.4 Å². The van der Waals surface area contributed by atoms with Crippen molar-refractivity contribution in [3.63, 3.8) is 0 Å². The van der Waals surface area contributed by atoms with Crippen molar-refractivity contribution in [3.05, 3.63) is 57.6 Å².